The maximum Gasteiger partial charge on any atom is 0.511 e. The van der Waals surface area contributed by atoms with Crippen LogP contribution >= 0.6 is 0 Å². The number of halogens is 1. The Morgan fingerprint density at radius 1 is 1.18 bits per heavy atom. The first-order chi connectivity index (χ1) is 15.8. The average molecular weight is 461 g/mol. The summed E-state index contributed by atoms with van der Waals surface area (Å²) in [6, 6.07) is 1.96. The van der Waals surface area contributed by atoms with E-state index in [0.717, 1.165) is 18.9 Å². The fraction of sp³-hybridized carbons (Fsp3) is 0.455. The van der Waals surface area contributed by atoms with Crippen molar-refractivity contribution in [2.75, 3.05) is 24.5 Å². The van der Waals surface area contributed by atoms with Gasteiger partial charge in [-0.2, -0.15) is 0 Å². The number of nitrogens with one attached hydrogen (secondary N) is 1. The van der Waals surface area contributed by atoms with Crippen molar-refractivity contribution in [2.45, 2.75) is 44.2 Å². The van der Waals surface area contributed by atoms with Crippen LogP contribution in [0.2, 0.25) is 0 Å². The molecule has 10 nitrogen and oxygen atoms in total. The molecule has 1 aromatic heterocycles. The van der Waals surface area contributed by atoms with Gasteiger partial charge in [-0.25, -0.2) is 9.18 Å². The second kappa shape index (κ2) is 9.18. The number of carboxylic acid groups (broad SMARTS) is 2. The number of ether oxygens (including phenoxy) is 1. The lowest BCUT2D eigenvalue weighted by molar-refractivity contribution is -0.137. The minimum Gasteiger partial charge on any atom is -0.481 e. The molecule has 4 rings (SSSR count). The van der Waals surface area contributed by atoms with Gasteiger partial charge in [-0.05, 0) is 31.4 Å². The number of Topliss-reactive ketones (excluding diaryl/α,β-unsaturated/α-hetero) is 1. The lowest BCUT2D eigenvalue weighted by Crippen LogP contribution is -2.55. The topological polar surface area (TPSA) is 138 Å². The van der Waals surface area contributed by atoms with Gasteiger partial charge >= 0.3 is 12.1 Å². The van der Waals surface area contributed by atoms with Gasteiger partial charge in [-0.15, -0.1) is 0 Å². The summed E-state index contributed by atoms with van der Waals surface area (Å²) in [7, 11) is 0. The summed E-state index contributed by atoms with van der Waals surface area (Å²) in [5.41, 5.74) is -0.120. The van der Waals surface area contributed by atoms with E-state index >= 15 is 4.39 Å². The Bertz CT molecular complexity index is 1170. The van der Waals surface area contributed by atoms with Gasteiger partial charge in [0.05, 0.1) is 22.8 Å². The molecule has 0 bridgehead atoms. The minimum atomic E-state index is -1.63. The van der Waals surface area contributed by atoms with Crippen LogP contribution in [-0.4, -0.2) is 58.4 Å². The maximum atomic E-state index is 15.3. The van der Waals surface area contributed by atoms with Gasteiger partial charge in [0.1, 0.15) is 11.9 Å². The van der Waals surface area contributed by atoms with Gasteiger partial charge in [0, 0.05) is 38.5 Å². The molecule has 1 saturated heterocycles. The number of benzene rings is 1. The van der Waals surface area contributed by atoms with E-state index in [-0.39, 0.29) is 47.9 Å². The Kier molecular flexibility index (Phi) is 6.32. The Balaban J connectivity index is 1.73. The molecule has 1 aromatic carbocycles. The number of carbonyl (C=O) groups is 3. The number of hydrogen-bond donors (Lipinski definition) is 3. The molecule has 1 atom stereocenters. The van der Waals surface area contributed by atoms with E-state index in [1.807, 2.05) is 0 Å². The van der Waals surface area contributed by atoms with Crippen LogP contribution in [0.5, 0.6) is 5.75 Å². The Morgan fingerprint density at radius 2 is 1.94 bits per heavy atom. The summed E-state index contributed by atoms with van der Waals surface area (Å²) in [6.45, 7) is 1.17. The smallest absolute Gasteiger partial charge is 0.481 e. The zero-order valence-corrected chi connectivity index (χ0v) is 17.8. The quantitative estimate of drug-likeness (QED) is 0.505. The molecular weight excluding hydrogens is 437 g/mol. The predicted molar refractivity (Wildman–Crippen MR) is 116 cm³/mol. The SMILES string of the molecule is O=C(O)CCCC(=O)C1CNCCN1c1cc2c(cc1F)c(=O)c(OC(=O)O)cn2C1CC1. The number of pyridine rings is 1. The number of aromatic nitrogens is 1. The number of anilines is 1. The first-order valence-corrected chi connectivity index (χ1v) is 10.8. The number of piperazine rings is 1. The Morgan fingerprint density at radius 3 is 2.61 bits per heavy atom. The van der Waals surface area contributed by atoms with Crippen LogP contribution in [0.15, 0.2) is 23.1 Å². The van der Waals surface area contributed by atoms with Crippen LogP contribution in [-0.2, 0) is 9.59 Å². The van der Waals surface area contributed by atoms with Crippen molar-refractivity contribution in [3.63, 3.8) is 0 Å². The van der Waals surface area contributed by atoms with Gasteiger partial charge < -0.3 is 29.7 Å². The molecule has 1 aliphatic heterocycles. The van der Waals surface area contributed by atoms with Crippen molar-refractivity contribution in [3.8, 4) is 5.75 Å². The third-order valence-electron chi connectivity index (χ3n) is 5.94. The highest BCUT2D eigenvalue weighted by atomic mass is 19.1. The lowest BCUT2D eigenvalue weighted by Gasteiger charge is -2.37. The first-order valence-electron chi connectivity index (χ1n) is 10.8. The summed E-state index contributed by atoms with van der Waals surface area (Å²) in [6.07, 6.45) is 1.51. The standard InChI is InChI=1S/C22H24FN3O7/c23-14-8-13-15(26(12-4-5-12)11-19(21(13)30)33-22(31)32)9-16(14)25-7-6-24-10-17(25)18(27)2-1-3-20(28)29/h8-9,11-12,17,24H,1-7,10H2,(H,28,29)(H,31,32). The fourth-order valence-electron chi connectivity index (χ4n) is 4.24. The molecule has 1 aliphatic carbocycles. The van der Waals surface area contributed by atoms with E-state index in [9.17, 15) is 19.2 Å². The van der Waals surface area contributed by atoms with Crippen LogP contribution in [0.25, 0.3) is 10.9 Å². The number of carboxylic acids is 1. The maximum absolute atomic E-state index is 15.3. The van der Waals surface area contributed by atoms with Crippen LogP contribution in [0.1, 0.15) is 38.1 Å². The number of aliphatic carboxylic acids is 1. The summed E-state index contributed by atoms with van der Waals surface area (Å²) >= 11 is 0. The zero-order valence-electron chi connectivity index (χ0n) is 17.8. The van der Waals surface area contributed by atoms with Crippen molar-refractivity contribution >= 4 is 34.5 Å². The van der Waals surface area contributed by atoms with Crippen LogP contribution < -0.4 is 20.4 Å². The third kappa shape index (κ3) is 4.82. The summed E-state index contributed by atoms with van der Waals surface area (Å²) in [4.78, 5) is 48.9. The monoisotopic (exact) mass is 461 g/mol. The number of ketones is 1. The van der Waals surface area contributed by atoms with Gasteiger partial charge in [0.25, 0.3) is 0 Å². The highest BCUT2D eigenvalue weighted by molar-refractivity contribution is 5.90. The average Bonchev–Trinajstić information content (AvgIpc) is 3.60. The Hall–Kier alpha value is -3.47. The molecule has 11 heteroatoms. The molecule has 2 aliphatic rings. The van der Waals surface area contributed by atoms with Crippen molar-refractivity contribution < 1.29 is 33.7 Å². The second-order valence-corrected chi connectivity index (χ2v) is 8.28. The van der Waals surface area contributed by atoms with E-state index in [2.05, 4.69) is 10.1 Å². The second-order valence-electron chi connectivity index (χ2n) is 8.28. The fourth-order valence-corrected chi connectivity index (χ4v) is 4.24. The number of nitrogens with zero attached hydrogens (tertiary/aromatic N) is 2. The molecule has 1 saturated carbocycles. The van der Waals surface area contributed by atoms with E-state index in [0.29, 0.717) is 25.2 Å². The third-order valence-corrected chi connectivity index (χ3v) is 5.94. The zero-order chi connectivity index (χ0) is 23.7. The predicted octanol–water partition coefficient (Wildman–Crippen LogP) is 2.13. The van der Waals surface area contributed by atoms with Crippen molar-refractivity contribution in [2.24, 2.45) is 0 Å². The molecule has 176 valence electrons. The molecule has 0 amide bonds. The highest BCUT2D eigenvalue weighted by Crippen LogP contribution is 2.39. The lowest BCUT2D eigenvalue weighted by atomic mass is 10.0. The molecule has 2 heterocycles. The van der Waals surface area contributed by atoms with E-state index in [1.165, 1.54) is 12.3 Å². The molecule has 1 unspecified atom stereocenters. The van der Waals surface area contributed by atoms with Gasteiger partial charge in [0.15, 0.2) is 11.5 Å². The molecule has 3 N–H and O–H groups in total. The van der Waals surface area contributed by atoms with Crippen molar-refractivity contribution in [3.05, 3.63) is 34.4 Å². The molecule has 33 heavy (non-hydrogen) atoms. The van der Waals surface area contributed by atoms with Crippen LogP contribution in [0.4, 0.5) is 14.9 Å². The number of carbonyl (C=O) groups excluding carboxylic acids is 1. The summed E-state index contributed by atoms with van der Waals surface area (Å²) in [5, 5.41) is 20.9. The molecule has 0 spiro atoms. The van der Waals surface area contributed by atoms with Crippen LogP contribution in [0.3, 0.4) is 0 Å². The van der Waals surface area contributed by atoms with Crippen LogP contribution in [0, 0.1) is 5.82 Å². The molecule has 2 fully saturated rings. The normalized spacial score (nSPS) is 18.3. The van der Waals surface area contributed by atoms with E-state index in [4.69, 9.17) is 10.2 Å². The van der Waals surface area contributed by atoms with Crippen molar-refractivity contribution in [1.29, 1.82) is 0 Å². The Labute approximate surface area is 187 Å². The number of rotatable bonds is 8. The summed E-state index contributed by atoms with van der Waals surface area (Å²) < 4.78 is 21.6. The van der Waals surface area contributed by atoms with E-state index in [1.54, 1.807) is 9.47 Å². The highest BCUT2D eigenvalue weighted by Gasteiger charge is 2.32. The molecule has 0 radical (unpaired) electrons. The number of fused-ring (bicyclic) bond motifs is 1. The van der Waals surface area contributed by atoms with E-state index < -0.39 is 29.4 Å². The largest absolute Gasteiger partial charge is 0.511 e. The molecular formula is C22H24FN3O7. The van der Waals surface area contributed by atoms with Gasteiger partial charge in [-0.1, -0.05) is 0 Å². The summed E-state index contributed by atoms with van der Waals surface area (Å²) in [5.74, 6) is -2.26. The first kappa shape index (κ1) is 22.7. The minimum absolute atomic E-state index is 0.00127. The van der Waals surface area contributed by atoms with Gasteiger partial charge in [-0.3, -0.25) is 14.4 Å². The van der Waals surface area contributed by atoms with Crippen molar-refractivity contribution in [1.82, 2.24) is 9.88 Å². The number of hydrogen-bond acceptors (Lipinski definition) is 7. The van der Waals surface area contributed by atoms with Gasteiger partial charge in [0.2, 0.25) is 5.43 Å². The molecule has 2 aromatic rings.